The third kappa shape index (κ3) is 2.09. The first-order valence-electron chi connectivity index (χ1n) is 3.70. The molecule has 0 spiro atoms. The predicted octanol–water partition coefficient (Wildman–Crippen LogP) is 3.21. The molecule has 0 aliphatic carbocycles. The SMILES string of the molecule is COc1ccc(Br)c(CCl)c1OC. The Kier molecular flexibility index (Phi) is 3.88. The highest BCUT2D eigenvalue weighted by Crippen LogP contribution is 2.36. The Hall–Kier alpha value is -0.410. The molecular weight excluding hydrogens is 255 g/mol. The van der Waals surface area contributed by atoms with E-state index in [1.165, 1.54) is 0 Å². The van der Waals surface area contributed by atoms with Gasteiger partial charge in [-0.15, -0.1) is 11.6 Å². The Morgan fingerprint density at radius 2 is 2.00 bits per heavy atom. The number of benzene rings is 1. The fourth-order valence-electron chi connectivity index (χ4n) is 1.09. The summed E-state index contributed by atoms with van der Waals surface area (Å²) in [6, 6.07) is 3.72. The molecule has 0 atom stereocenters. The number of rotatable bonds is 3. The summed E-state index contributed by atoms with van der Waals surface area (Å²) in [6.07, 6.45) is 0. The minimum atomic E-state index is 0.390. The largest absolute Gasteiger partial charge is 0.493 e. The van der Waals surface area contributed by atoms with E-state index < -0.39 is 0 Å². The lowest BCUT2D eigenvalue weighted by Crippen LogP contribution is -1.95. The van der Waals surface area contributed by atoms with Crippen molar-refractivity contribution in [3.8, 4) is 11.5 Å². The third-order valence-electron chi connectivity index (χ3n) is 1.72. The van der Waals surface area contributed by atoms with E-state index in [1.807, 2.05) is 12.1 Å². The molecule has 0 fully saturated rings. The van der Waals surface area contributed by atoms with Crippen LogP contribution < -0.4 is 9.47 Å². The van der Waals surface area contributed by atoms with Crippen molar-refractivity contribution in [1.82, 2.24) is 0 Å². The molecule has 0 radical (unpaired) electrons. The summed E-state index contributed by atoms with van der Waals surface area (Å²) in [5.41, 5.74) is 0.906. The molecule has 0 N–H and O–H groups in total. The molecule has 0 amide bonds. The van der Waals surface area contributed by atoms with Gasteiger partial charge in [0.05, 0.1) is 20.1 Å². The van der Waals surface area contributed by atoms with Crippen LogP contribution in [0.5, 0.6) is 11.5 Å². The third-order valence-corrected chi connectivity index (χ3v) is 2.74. The molecular formula is C9H10BrClO2. The predicted molar refractivity (Wildman–Crippen MR) is 56.8 cm³/mol. The zero-order valence-corrected chi connectivity index (χ0v) is 9.78. The normalized spacial score (nSPS) is 9.85. The smallest absolute Gasteiger partial charge is 0.166 e. The summed E-state index contributed by atoms with van der Waals surface area (Å²) in [4.78, 5) is 0. The quantitative estimate of drug-likeness (QED) is 0.781. The maximum absolute atomic E-state index is 5.78. The highest BCUT2D eigenvalue weighted by atomic mass is 79.9. The molecule has 0 bridgehead atoms. The van der Waals surface area contributed by atoms with Crippen molar-refractivity contribution in [3.05, 3.63) is 22.2 Å². The van der Waals surface area contributed by atoms with Crippen LogP contribution in [0, 0.1) is 0 Å². The van der Waals surface area contributed by atoms with Gasteiger partial charge in [0.1, 0.15) is 0 Å². The first kappa shape index (κ1) is 10.7. The standard InChI is InChI=1S/C9H10BrClO2/c1-12-8-4-3-7(10)6(5-11)9(8)13-2/h3-4H,5H2,1-2H3. The minimum Gasteiger partial charge on any atom is -0.493 e. The van der Waals surface area contributed by atoms with Gasteiger partial charge < -0.3 is 9.47 Å². The van der Waals surface area contributed by atoms with E-state index >= 15 is 0 Å². The number of alkyl halides is 1. The summed E-state index contributed by atoms with van der Waals surface area (Å²) < 4.78 is 11.3. The zero-order chi connectivity index (χ0) is 9.84. The van der Waals surface area contributed by atoms with E-state index in [4.69, 9.17) is 21.1 Å². The second kappa shape index (κ2) is 4.72. The molecule has 0 saturated heterocycles. The molecule has 4 heteroatoms. The van der Waals surface area contributed by atoms with Crippen molar-refractivity contribution in [3.63, 3.8) is 0 Å². The van der Waals surface area contributed by atoms with E-state index in [-0.39, 0.29) is 0 Å². The van der Waals surface area contributed by atoms with Crippen molar-refractivity contribution in [2.75, 3.05) is 14.2 Å². The van der Waals surface area contributed by atoms with E-state index in [2.05, 4.69) is 15.9 Å². The van der Waals surface area contributed by atoms with E-state index in [0.717, 1.165) is 10.0 Å². The van der Waals surface area contributed by atoms with Crippen LogP contribution in [-0.2, 0) is 5.88 Å². The molecule has 72 valence electrons. The molecule has 0 unspecified atom stereocenters. The molecule has 1 rings (SSSR count). The van der Waals surface area contributed by atoms with E-state index in [9.17, 15) is 0 Å². The second-order valence-corrected chi connectivity index (χ2v) is 3.52. The molecule has 1 aromatic carbocycles. The highest BCUT2D eigenvalue weighted by molar-refractivity contribution is 9.10. The van der Waals surface area contributed by atoms with Gasteiger partial charge in [-0.1, -0.05) is 15.9 Å². The Balaban J connectivity index is 3.27. The Bertz CT molecular complexity index is 302. The van der Waals surface area contributed by atoms with Crippen molar-refractivity contribution < 1.29 is 9.47 Å². The summed E-state index contributed by atoms with van der Waals surface area (Å²) in [7, 11) is 3.20. The summed E-state index contributed by atoms with van der Waals surface area (Å²) in [5, 5.41) is 0. The minimum absolute atomic E-state index is 0.390. The van der Waals surface area contributed by atoms with Crippen LogP contribution in [0.15, 0.2) is 16.6 Å². The van der Waals surface area contributed by atoms with Crippen LogP contribution in [0.3, 0.4) is 0 Å². The fraction of sp³-hybridized carbons (Fsp3) is 0.333. The van der Waals surface area contributed by atoms with Gasteiger partial charge in [0.25, 0.3) is 0 Å². The van der Waals surface area contributed by atoms with Crippen molar-refractivity contribution in [2.24, 2.45) is 0 Å². The lowest BCUT2D eigenvalue weighted by Gasteiger charge is -2.12. The topological polar surface area (TPSA) is 18.5 Å². The molecule has 0 aromatic heterocycles. The number of hydrogen-bond acceptors (Lipinski definition) is 2. The highest BCUT2D eigenvalue weighted by Gasteiger charge is 2.11. The Labute approximate surface area is 90.9 Å². The molecule has 0 heterocycles. The van der Waals surface area contributed by atoms with Crippen LogP contribution in [-0.4, -0.2) is 14.2 Å². The van der Waals surface area contributed by atoms with Crippen LogP contribution in [0.2, 0.25) is 0 Å². The molecule has 1 aromatic rings. The molecule has 2 nitrogen and oxygen atoms in total. The van der Waals surface area contributed by atoms with Gasteiger partial charge in [0.15, 0.2) is 11.5 Å². The average molecular weight is 266 g/mol. The molecule has 13 heavy (non-hydrogen) atoms. The van der Waals surface area contributed by atoms with Gasteiger partial charge in [-0.05, 0) is 12.1 Å². The maximum Gasteiger partial charge on any atom is 0.166 e. The number of hydrogen-bond donors (Lipinski definition) is 0. The van der Waals surface area contributed by atoms with Gasteiger partial charge in [-0.3, -0.25) is 0 Å². The van der Waals surface area contributed by atoms with E-state index in [0.29, 0.717) is 17.4 Å². The van der Waals surface area contributed by atoms with Gasteiger partial charge in [0.2, 0.25) is 0 Å². The second-order valence-electron chi connectivity index (χ2n) is 2.40. The average Bonchev–Trinajstić information content (AvgIpc) is 2.17. The number of methoxy groups -OCH3 is 2. The van der Waals surface area contributed by atoms with Gasteiger partial charge >= 0.3 is 0 Å². The van der Waals surface area contributed by atoms with Crippen molar-refractivity contribution in [1.29, 1.82) is 0 Å². The van der Waals surface area contributed by atoms with Crippen LogP contribution in [0.1, 0.15) is 5.56 Å². The van der Waals surface area contributed by atoms with Crippen molar-refractivity contribution in [2.45, 2.75) is 5.88 Å². The van der Waals surface area contributed by atoms with E-state index in [1.54, 1.807) is 14.2 Å². The van der Waals surface area contributed by atoms with Crippen LogP contribution >= 0.6 is 27.5 Å². The van der Waals surface area contributed by atoms with Gasteiger partial charge in [0, 0.05) is 10.0 Å². The molecule has 0 aliphatic rings. The lowest BCUT2D eigenvalue weighted by molar-refractivity contribution is 0.352. The van der Waals surface area contributed by atoms with Gasteiger partial charge in [-0.25, -0.2) is 0 Å². The summed E-state index contributed by atoms with van der Waals surface area (Å²) >= 11 is 9.17. The van der Waals surface area contributed by atoms with Gasteiger partial charge in [-0.2, -0.15) is 0 Å². The Morgan fingerprint density at radius 3 is 2.46 bits per heavy atom. The summed E-state index contributed by atoms with van der Waals surface area (Å²) in [5.74, 6) is 1.77. The van der Waals surface area contributed by atoms with Crippen LogP contribution in [0.25, 0.3) is 0 Å². The molecule has 0 saturated carbocycles. The fourth-order valence-corrected chi connectivity index (χ4v) is 1.97. The first-order valence-corrected chi connectivity index (χ1v) is 5.02. The maximum atomic E-state index is 5.78. The summed E-state index contributed by atoms with van der Waals surface area (Å²) in [6.45, 7) is 0. The number of ether oxygens (including phenoxy) is 2. The van der Waals surface area contributed by atoms with Crippen molar-refractivity contribution >= 4 is 27.5 Å². The van der Waals surface area contributed by atoms with Crippen LogP contribution in [0.4, 0.5) is 0 Å². The first-order chi connectivity index (χ1) is 6.24. The Morgan fingerprint density at radius 1 is 1.31 bits per heavy atom. The molecule has 0 aliphatic heterocycles. The zero-order valence-electron chi connectivity index (χ0n) is 7.43. The number of halogens is 2. The lowest BCUT2D eigenvalue weighted by atomic mass is 10.2. The monoisotopic (exact) mass is 264 g/mol.